The van der Waals surface area contributed by atoms with Crippen LogP contribution in [-0.4, -0.2) is 24.5 Å². The minimum absolute atomic E-state index is 0. The van der Waals surface area contributed by atoms with Gasteiger partial charge in [0.15, 0.2) is 12.6 Å². The van der Waals surface area contributed by atoms with Gasteiger partial charge in [0.2, 0.25) is 0 Å². The summed E-state index contributed by atoms with van der Waals surface area (Å²) in [6.45, 7) is 0. The SMILES string of the molecule is O=CC(=O)[O-].O=CC(=O)[O-].[Pt+2]. The topological polar surface area (TPSA) is 114 Å². The average molecular weight is 341 g/mol. The second-order valence-corrected chi connectivity index (χ2v) is 0.874. The second-order valence-electron chi connectivity index (χ2n) is 0.874. The Labute approximate surface area is 75.5 Å². The van der Waals surface area contributed by atoms with Gasteiger partial charge in [-0.2, -0.15) is 0 Å². The van der Waals surface area contributed by atoms with Gasteiger partial charge in [0, 0.05) is 0 Å². The van der Waals surface area contributed by atoms with Crippen LogP contribution in [0.15, 0.2) is 0 Å². The molecular formula is C4H2O6Pt. The third-order valence-electron chi connectivity index (χ3n) is 0.192. The van der Waals surface area contributed by atoms with Crippen molar-refractivity contribution >= 4 is 24.5 Å². The van der Waals surface area contributed by atoms with Gasteiger partial charge < -0.3 is 19.8 Å². The van der Waals surface area contributed by atoms with Crippen LogP contribution in [0, 0.1) is 0 Å². The molecule has 0 heterocycles. The molecule has 6 nitrogen and oxygen atoms in total. The van der Waals surface area contributed by atoms with Crippen LogP contribution in [0.4, 0.5) is 0 Å². The molecule has 0 bridgehead atoms. The minimum Gasteiger partial charge on any atom is -0.542 e. The van der Waals surface area contributed by atoms with E-state index in [1.807, 2.05) is 0 Å². The first-order valence-electron chi connectivity index (χ1n) is 1.87. The van der Waals surface area contributed by atoms with Crippen molar-refractivity contribution in [3.05, 3.63) is 0 Å². The number of carbonyl (C=O) groups is 4. The van der Waals surface area contributed by atoms with Crippen LogP contribution in [-0.2, 0) is 40.2 Å². The van der Waals surface area contributed by atoms with Gasteiger partial charge in [-0.25, -0.2) is 0 Å². The Morgan fingerprint density at radius 1 is 0.909 bits per heavy atom. The molecule has 0 saturated heterocycles. The van der Waals surface area contributed by atoms with E-state index in [4.69, 9.17) is 29.4 Å². The van der Waals surface area contributed by atoms with Crippen LogP contribution in [0.3, 0.4) is 0 Å². The average Bonchev–Trinajstić information content (AvgIpc) is 1.89. The van der Waals surface area contributed by atoms with Crippen LogP contribution in [0.25, 0.3) is 0 Å². The van der Waals surface area contributed by atoms with Gasteiger partial charge in [-0.3, -0.25) is 9.59 Å². The molecule has 0 aromatic carbocycles. The van der Waals surface area contributed by atoms with E-state index in [9.17, 15) is 0 Å². The monoisotopic (exact) mass is 341 g/mol. The first kappa shape index (κ1) is 16.5. The second kappa shape index (κ2) is 11.7. The van der Waals surface area contributed by atoms with E-state index in [1.54, 1.807) is 0 Å². The molecule has 0 aliphatic rings. The smallest absolute Gasteiger partial charge is 0.542 e. The summed E-state index contributed by atoms with van der Waals surface area (Å²) in [4.78, 5) is 35.5. The van der Waals surface area contributed by atoms with Crippen LogP contribution in [0.2, 0.25) is 0 Å². The third-order valence-corrected chi connectivity index (χ3v) is 0.192. The molecule has 64 valence electrons. The van der Waals surface area contributed by atoms with Gasteiger partial charge in [-0.15, -0.1) is 0 Å². The Balaban J connectivity index is -0.000000107. The zero-order valence-corrected chi connectivity index (χ0v) is 7.19. The van der Waals surface area contributed by atoms with Gasteiger partial charge in [0.1, 0.15) is 11.9 Å². The molecule has 0 rings (SSSR count). The van der Waals surface area contributed by atoms with Crippen molar-refractivity contribution in [1.29, 1.82) is 0 Å². The van der Waals surface area contributed by atoms with Crippen LogP contribution in [0.5, 0.6) is 0 Å². The van der Waals surface area contributed by atoms with E-state index in [1.165, 1.54) is 0 Å². The number of aldehydes is 2. The number of hydrogen-bond acceptors (Lipinski definition) is 6. The Kier molecular flexibility index (Phi) is 17.6. The van der Waals surface area contributed by atoms with Crippen molar-refractivity contribution in [1.82, 2.24) is 0 Å². The molecule has 11 heavy (non-hydrogen) atoms. The summed E-state index contributed by atoms with van der Waals surface area (Å²) in [6, 6.07) is 0. The molecule has 0 spiro atoms. The van der Waals surface area contributed by atoms with Crippen molar-refractivity contribution in [2.45, 2.75) is 0 Å². The zero-order chi connectivity index (χ0) is 8.57. The normalized spacial score (nSPS) is 5.82. The summed E-state index contributed by atoms with van der Waals surface area (Å²) in [7, 11) is 0. The minimum atomic E-state index is -1.68. The Morgan fingerprint density at radius 3 is 1.00 bits per heavy atom. The first-order chi connectivity index (χ1) is 4.54. The largest absolute Gasteiger partial charge is 2.00 e. The molecule has 0 atom stereocenters. The van der Waals surface area contributed by atoms with E-state index in [2.05, 4.69) is 0 Å². The third kappa shape index (κ3) is 49.4. The van der Waals surface area contributed by atoms with Gasteiger partial charge in [0.05, 0.1) is 0 Å². The number of carbonyl (C=O) groups excluding carboxylic acids is 4. The molecule has 0 aromatic heterocycles. The van der Waals surface area contributed by atoms with Crippen molar-refractivity contribution in [3.8, 4) is 0 Å². The summed E-state index contributed by atoms with van der Waals surface area (Å²) in [6.07, 6.45) is -0.556. The predicted octanol–water partition coefficient (Wildman–Crippen LogP) is -4.13. The molecule has 0 unspecified atom stereocenters. The molecule has 0 amide bonds. The molecular weight excluding hydrogens is 339 g/mol. The van der Waals surface area contributed by atoms with Crippen molar-refractivity contribution in [2.24, 2.45) is 0 Å². The van der Waals surface area contributed by atoms with E-state index in [0.717, 1.165) is 0 Å². The maximum atomic E-state index is 8.89. The molecule has 0 radical (unpaired) electrons. The van der Waals surface area contributed by atoms with Gasteiger partial charge in [-0.05, 0) is 0 Å². The number of rotatable bonds is 2. The molecule has 7 heteroatoms. The quantitative estimate of drug-likeness (QED) is 0.372. The Morgan fingerprint density at radius 2 is 1.00 bits per heavy atom. The number of carboxylic acids is 2. The van der Waals surface area contributed by atoms with Crippen molar-refractivity contribution in [3.63, 3.8) is 0 Å². The van der Waals surface area contributed by atoms with E-state index < -0.39 is 11.9 Å². The summed E-state index contributed by atoms with van der Waals surface area (Å²) < 4.78 is 0. The maximum absolute atomic E-state index is 8.89. The standard InChI is InChI=1S/2C2H2O3.Pt/c2*3-1-2(4)5;/h2*1H,(H,4,5);/q;;+2/p-2. The number of carboxylic acid groups (broad SMARTS) is 2. The Bertz CT molecular complexity index is 135. The van der Waals surface area contributed by atoms with Gasteiger partial charge in [0.25, 0.3) is 0 Å². The number of aliphatic carboxylic acids is 2. The first-order valence-corrected chi connectivity index (χ1v) is 1.87. The number of hydrogen-bond donors (Lipinski definition) is 0. The van der Waals surface area contributed by atoms with Crippen molar-refractivity contribution in [2.75, 3.05) is 0 Å². The summed E-state index contributed by atoms with van der Waals surface area (Å²) in [5.74, 6) is -3.35. The van der Waals surface area contributed by atoms with Crippen LogP contribution >= 0.6 is 0 Å². The van der Waals surface area contributed by atoms with Crippen LogP contribution < -0.4 is 10.2 Å². The Hall–Kier alpha value is -1.03. The molecule has 0 saturated carbocycles. The van der Waals surface area contributed by atoms with Gasteiger partial charge in [-0.1, -0.05) is 0 Å². The molecule has 0 fully saturated rings. The molecule has 0 N–H and O–H groups in total. The molecule has 0 aromatic rings. The zero-order valence-electron chi connectivity index (χ0n) is 4.92. The van der Waals surface area contributed by atoms with E-state index in [0.29, 0.717) is 0 Å². The van der Waals surface area contributed by atoms with E-state index >= 15 is 0 Å². The fourth-order valence-corrected chi connectivity index (χ4v) is 0. The maximum Gasteiger partial charge on any atom is 2.00 e. The van der Waals surface area contributed by atoms with E-state index in [-0.39, 0.29) is 33.6 Å². The fourth-order valence-electron chi connectivity index (χ4n) is 0. The van der Waals surface area contributed by atoms with Gasteiger partial charge >= 0.3 is 21.1 Å². The van der Waals surface area contributed by atoms with Crippen LogP contribution in [0.1, 0.15) is 0 Å². The summed E-state index contributed by atoms with van der Waals surface area (Å²) >= 11 is 0. The summed E-state index contributed by atoms with van der Waals surface area (Å²) in [5, 5.41) is 17.8. The molecule has 0 aliphatic heterocycles. The fraction of sp³-hybridized carbons (Fsp3) is 0. The van der Waals surface area contributed by atoms with Crippen molar-refractivity contribution < 1.29 is 50.5 Å². The summed E-state index contributed by atoms with van der Waals surface area (Å²) in [5.41, 5.74) is 0. The predicted molar refractivity (Wildman–Crippen MR) is 22.1 cm³/mol. The molecule has 0 aliphatic carbocycles.